The lowest BCUT2D eigenvalue weighted by Crippen LogP contribution is -2.50. The lowest BCUT2D eigenvalue weighted by atomic mass is 9.98. The second-order valence-electron chi connectivity index (χ2n) is 8.41. The smallest absolute Gasteiger partial charge is 0.225 e. The minimum absolute atomic E-state index is 0.165. The molecule has 174 valence electrons. The second-order valence-corrected chi connectivity index (χ2v) is 8.41. The Kier molecular flexibility index (Phi) is 9.13. The number of carbonyl (C=O) groups excluding carboxylic acids is 1. The molecule has 1 aliphatic heterocycles. The number of carbonyl (C=O) groups is 1. The molecule has 32 heavy (non-hydrogen) atoms. The Hall–Kier alpha value is -2.83. The van der Waals surface area contributed by atoms with Crippen LogP contribution in [0.4, 0.5) is 0 Å². The number of nitrogens with one attached hydrogen (secondary N) is 2. The van der Waals surface area contributed by atoms with Gasteiger partial charge in [-0.1, -0.05) is 44.2 Å². The van der Waals surface area contributed by atoms with E-state index >= 15 is 0 Å². The lowest BCUT2D eigenvalue weighted by Gasteiger charge is -2.34. The standard InChI is InChI=1S/C25H38N6O/c1-4-21(5-2)24(32)30-15-12-22(13-16-30)29-25(26-6-3)28-18-23-27-14-17-31(23)19-20-10-8-7-9-11-20/h7-11,14,17,21-22H,4-6,12-13,15-16,18-19H2,1-3H3,(H2,26,28,29). The molecule has 0 unspecified atom stereocenters. The SMILES string of the molecule is CCNC(=NCc1nccn1Cc1ccccc1)NC1CCN(C(=O)C(CC)CC)CC1. The molecule has 7 nitrogen and oxygen atoms in total. The average Bonchev–Trinajstić information content (AvgIpc) is 3.26. The van der Waals surface area contributed by atoms with Gasteiger partial charge in [0, 0.05) is 50.5 Å². The van der Waals surface area contributed by atoms with E-state index in [1.165, 1.54) is 5.56 Å². The zero-order chi connectivity index (χ0) is 22.8. The third-order valence-electron chi connectivity index (χ3n) is 6.20. The molecule has 0 saturated carbocycles. The topological polar surface area (TPSA) is 74.6 Å². The maximum absolute atomic E-state index is 12.6. The Morgan fingerprint density at radius 3 is 2.53 bits per heavy atom. The third-order valence-corrected chi connectivity index (χ3v) is 6.20. The highest BCUT2D eigenvalue weighted by Crippen LogP contribution is 2.17. The molecule has 0 radical (unpaired) electrons. The number of nitrogens with zero attached hydrogens (tertiary/aromatic N) is 4. The molecule has 0 aliphatic carbocycles. The fraction of sp³-hybridized carbons (Fsp3) is 0.560. The second kappa shape index (κ2) is 12.3. The van der Waals surface area contributed by atoms with Crippen LogP contribution in [-0.4, -0.2) is 52.0 Å². The average molecular weight is 439 g/mol. The molecule has 2 aromatic rings. The minimum atomic E-state index is 0.165. The zero-order valence-corrected chi connectivity index (χ0v) is 19.8. The first-order valence-corrected chi connectivity index (χ1v) is 12.0. The summed E-state index contributed by atoms with van der Waals surface area (Å²) < 4.78 is 2.14. The first-order valence-electron chi connectivity index (χ1n) is 12.0. The van der Waals surface area contributed by atoms with Gasteiger partial charge in [0.2, 0.25) is 5.91 Å². The molecule has 0 spiro atoms. The van der Waals surface area contributed by atoms with Crippen LogP contribution in [0.2, 0.25) is 0 Å². The first kappa shape index (κ1) is 23.8. The van der Waals surface area contributed by atoms with Gasteiger partial charge in [-0.2, -0.15) is 0 Å². The Labute approximate surface area is 192 Å². The van der Waals surface area contributed by atoms with Crippen molar-refractivity contribution in [1.82, 2.24) is 25.1 Å². The number of aliphatic imine (C=N–C) groups is 1. The normalized spacial score (nSPS) is 15.2. The molecule has 0 bridgehead atoms. The summed E-state index contributed by atoms with van der Waals surface area (Å²) in [6, 6.07) is 10.7. The summed E-state index contributed by atoms with van der Waals surface area (Å²) in [5.74, 6) is 2.24. The number of benzene rings is 1. The van der Waals surface area contributed by atoms with Crippen LogP contribution in [0.15, 0.2) is 47.7 Å². The number of hydrogen-bond acceptors (Lipinski definition) is 3. The molecule has 1 amide bonds. The fourth-order valence-electron chi connectivity index (χ4n) is 4.22. The molecule has 2 heterocycles. The van der Waals surface area contributed by atoms with Crippen molar-refractivity contribution in [3.05, 3.63) is 54.1 Å². The van der Waals surface area contributed by atoms with Crippen LogP contribution < -0.4 is 10.6 Å². The number of guanidine groups is 1. The molecule has 0 atom stereocenters. The molecule has 1 aromatic heterocycles. The zero-order valence-electron chi connectivity index (χ0n) is 19.8. The number of hydrogen-bond donors (Lipinski definition) is 2. The van der Waals surface area contributed by atoms with Crippen LogP contribution in [0, 0.1) is 5.92 Å². The number of piperidine rings is 1. The van der Waals surface area contributed by atoms with Crippen molar-refractivity contribution < 1.29 is 4.79 Å². The van der Waals surface area contributed by atoms with Crippen LogP contribution in [-0.2, 0) is 17.9 Å². The summed E-state index contributed by atoms with van der Waals surface area (Å²) >= 11 is 0. The predicted molar refractivity (Wildman–Crippen MR) is 129 cm³/mol. The summed E-state index contributed by atoms with van der Waals surface area (Å²) in [6.07, 6.45) is 7.57. The molecular formula is C25H38N6O. The van der Waals surface area contributed by atoms with E-state index < -0.39 is 0 Å². The lowest BCUT2D eigenvalue weighted by molar-refractivity contribution is -0.136. The highest BCUT2D eigenvalue weighted by molar-refractivity contribution is 5.80. The molecule has 7 heteroatoms. The summed E-state index contributed by atoms with van der Waals surface area (Å²) in [6.45, 7) is 10.0. The van der Waals surface area contributed by atoms with Gasteiger partial charge in [0.05, 0.1) is 0 Å². The van der Waals surface area contributed by atoms with Gasteiger partial charge in [-0.25, -0.2) is 9.98 Å². The third kappa shape index (κ3) is 6.58. The van der Waals surface area contributed by atoms with Crippen LogP contribution in [0.25, 0.3) is 0 Å². The van der Waals surface area contributed by atoms with Gasteiger partial charge in [-0.15, -0.1) is 0 Å². The van der Waals surface area contributed by atoms with Gasteiger partial charge < -0.3 is 20.1 Å². The van der Waals surface area contributed by atoms with Gasteiger partial charge in [0.1, 0.15) is 12.4 Å². The van der Waals surface area contributed by atoms with E-state index in [1.54, 1.807) is 0 Å². The van der Waals surface area contributed by atoms with E-state index in [9.17, 15) is 4.79 Å². The Bertz CT molecular complexity index is 850. The van der Waals surface area contributed by atoms with E-state index in [-0.39, 0.29) is 5.92 Å². The van der Waals surface area contributed by atoms with Crippen LogP contribution in [0.1, 0.15) is 57.8 Å². The fourth-order valence-corrected chi connectivity index (χ4v) is 4.22. The Morgan fingerprint density at radius 2 is 1.88 bits per heavy atom. The van der Waals surface area contributed by atoms with Crippen molar-refractivity contribution in [2.45, 2.75) is 65.6 Å². The van der Waals surface area contributed by atoms with Gasteiger partial charge in [-0.05, 0) is 38.2 Å². The quantitative estimate of drug-likeness (QED) is 0.465. The highest BCUT2D eigenvalue weighted by atomic mass is 16.2. The van der Waals surface area contributed by atoms with Crippen molar-refractivity contribution >= 4 is 11.9 Å². The van der Waals surface area contributed by atoms with Gasteiger partial charge in [0.25, 0.3) is 0 Å². The van der Waals surface area contributed by atoms with E-state index in [2.05, 4.69) is 65.2 Å². The highest BCUT2D eigenvalue weighted by Gasteiger charge is 2.26. The number of aromatic nitrogens is 2. The number of amides is 1. The van der Waals surface area contributed by atoms with Gasteiger partial charge >= 0.3 is 0 Å². The summed E-state index contributed by atoms with van der Waals surface area (Å²) in [5.41, 5.74) is 1.25. The van der Waals surface area contributed by atoms with E-state index in [4.69, 9.17) is 4.99 Å². The summed E-state index contributed by atoms with van der Waals surface area (Å²) in [5, 5.41) is 6.92. The van der Waals surface area contributed by atoms with Crippen molar-refractivity contribution in [2.24, 2.45) is 10.9 Å². The minimum Gasteiger partial charge on any atom is -0.357 e. The number of likely N-dealkylation sites (tertiary alicyclic amines) is 1. The molecule has 1 aliphatic rings. The molecular weight excluding hydrogens is 400 g/mol. The van der Waals surface area contributed by atoms with Crippen molar-refractivity contribution in [3.63, 3.8) is 0 Å². The van der Waals surface area contributed by atoms with E-state index in [1.807, 2.05) is 23.4 Å². The maximum Gasteiger partial charge on any atom is 0.225 e. The molecule has 1 saturated heterocycles. The number of imidazole rings is 1. The molecule has 3 rings (SSSR count). The van der Waals surface area contributed by atoms with E-state index in [0.29, 0.717) is 18.5 Å². The van der Waals surface area contributed by atoms with E-state index in [0.717, 1.165) is 63.6 Å². The maximum atomic E-state index is 12.6. The molecule has 1 aromatic carbocycles. The van der Waals surface area contributed by atoms with Crippen molar-refractivity contribution in [2.75, 3.05) is 19.6 Å². The molecule has 1 fully saturated rings. The first-order chi connectivity index (χ1) is 15.6. The Balaban J connectivity index is 1.55. The van der Waals surface area contributed by atoms with Gasteiger partial charge in [0.15, 0.2) is 5.96 Å². The Morgan fingerprint density at radius 1 is 1.16 bits per heavy atom. The predicted octanol–water partition coefficient (Wildman–Crippen LogP) is 3.41. The molecule has 2 N–H and O–H groups in total. The number of rotatable bonds is 9. The van der Waals surface area contributed by atoms with Crippen LogP contribution >= 0.6 is 0 Å². The van der Waals surface area contributed by atoms with Gasteiger partial charge in [-0.3, -0.25) is 4.79 Å². The van der Waals surface area contributed by atoms with Crippen molar-refractivity contribution in [1.29, 1.82) is 0 Å². The summed E-state index contributed by atoms with van der Waals surface area (Å²) in [7, 11) is 0. The van der Waals surface area contributed by atoms with Crippen LogP contribution in [0.3, 0.4) is 0 Å². The van der Waals surface area contributed by atoms with Crippen LogP contribution in [0.5, 0.6) is 0 Å². The van der Waals surface area contributed by atoms with Crippen molar-refractivity contribution in [3.8, 4) is 0 Å². The summed E-state index contributed by atoms with van der Waals surface area (Å²) in [4.78, 5) is 24.0. The monoisotopic (exact) mass is 438 g/mol. The largest absolute Gasteiger partial charge is 0.357 e.